The second-order valence-corrected chi connectivity index (χ2v) is 4.61. The Balaban J connectivity index is 2.04. The number of Topliss-reactive ketones (excluding diaryl/α,β-unsaturated/α-hetero) is 1. The molecule has 0 atom stereocenters. The van der Waals surface area contributed by atoms with Gasteiger partial charge in [-0.25, -0.2) is 4.39 Å². The minimum atomic E-state index is -0.809. The van der Waals surface area contributed by atoms with Gasteiger partial charge in [0.15, 0.2) is 11.6 Å². The van der Waals surface area contributed by atoms with Crippen LogP contribution in [0.3, 0.4) is 0 Å². The molecule has 0 radical (unpaired) electrons. The van der Waals surface area contributed by atoms with Gasteiger partial charge in [0.25, 0.3) is 0 Å². The highest BCUT2D eigenvalue weighted by molar-refractivity contribution is 5.98. The zero-order chi connectivity index (χ0) is 13.1. The molecule has 1 aliphatic rings. The zero-order valence-electron chi connectivity index (χ0n) is 9.80. The maximum Gasteiger partial charge on any atom is 0.306 e. The summed E-state index contributed by atoms with van der Waals surface area (Å²) < 4.78 is 13.4. The Morgan fingerprint density at radius 2 is 1.83 bits per heavy atom. The summed E-state index contributed by atoms with van der Waals surface area (Å²) in [5.74, 6) is -2.29. The Labute approximate surface area is 104 Å². The Morgan fingerprint density at radius 3 is 2.39 bits per heavy atom. The van der Waals surface area contributed by atoms with E-state index in [1.807, 2.05) is 0 Å². The smallest absolute Gasteiger partial charge is 0.306 e. The first kappa shape index (κ1) is 12.7. The number of aliphatic carboxylic acids is 1. The molecule has 1 fully saturated rings. The second kappa shape index (κ2) is 5.25. The van der Waals surface area contributed by atoms with Crippen molar-refractivity contribution >= 4 is 11.8 Å². The molecule has 0 spiro atoms. The first-order chi connectivity index (χ1) is 8.59. The van der Waals surface area contributed by atoms with Crippen LogP contribution < -0.4 is 0 Å². The van der Waals surface area contributed by atoms with E-state index in [9.17, 15) is 14.0 Å². The fourth-order valence-electron chi connectivity index (χ4n) is 2.40. The van der Waals surface area contributed by atoms with E-state index >= 15 is 0 Å². The Bertz CT molecular complexity index is 467. The highest BCUT2D eigenvalue weighted by atomic mass is 19.1. The number of carbonyl (C=O) groups excluding carboxylic acids is 1. The van der Waals surface area contributed by atoms with Gasteiger partial charge in [-0.15, -0.1) is 0 Å². The van der Waals surface area contributed by atoms with E-state index in [-0.39, 0.29) is 23.2 Å². The third-order valence-electron chi connectivity index (χ3n) is 3.49. The van der Waals surface area contributed by atoms with Crippen molar-refractivity contribution in [1.29, 1.82) is 0 Å². The molecule has 96 valence electrons. The van der Waals surface area contributed by atoms with Crippen LogP contribution in [0.1, 0.15) is 36.0 Å². The van der Waals surface area contributed by atoms with Crippen molar-refractivity contribution in [2.75, 3.05) is 0 Å². The van der Waals surface area contributed by atoms with Gasteiger partial charge in [0.1, 0.15) is 0 Å². The molecule has 1 heterocycles. The van der Waals surface area contributed by atoms with Crippen molar-refractivity contribution in [3.05, 3.63) is 29.8 Å². The van der Waals surface area contributed by atoms with Crippen LogP contribution in [-0.2, 0) is 4.79 Å². The van der Waals surface area contributed by atoms with Gasteiger partial charge in [0.2, 0.25) is 0 Å². The lowest BCUT2D eigenvalue weighted by atomic mass is 9.79. The SMILES string of the molecule is O=C(O)C1CCC(C(=O)c2ccncc2F)CC1. The van der Waals surface area contributed by atoms with Crippen molar-refractivity contribution in [2.24, 2.45) is 11.8 Å². The molecule has 0 amide bonds. The normalized spacial score (nSPS) is 23.6. The van der Waals surface area contributed by atoms with E-state index in [1.54, 1.807) is 0 Å². The van der Waals surface area contributed by atoms with Crippen LogP contribution in [0.4, 0.5) is 4.39 Å². The molecule has 0 aromatic carbocycles. The summed E-state index contributed by atoms with van der Waals surface area (Å²) in [5, 5.41) is 8.87. The first-order valence-corrected chi connectivity index (χ1v) is 5.96. The summed E-state index contributed by atoms with van der Waals surface area (Å²) in [7, 11) is 0. The van der Waals surface area contributed by atoms with E-state index in [1.165, 1.54) is 12.3 Å². The topological polar surface area (TPSA) is 67.3 Å². The van der Waals surface area contributed by atoms with Gasteiger partial charge in [-0.2, -0.15) is 0 Å². The lowest BCUT2D eigenvalue weighted by molar-refractivity contribution is -0.143. The molecule has 1 aliphatic carbocycles. The number of carboxylic acids is 1. The van der Waals surface area contributed by atoms with E-state index < -0.39 is 11.8 Å². The summed E-state index contributed by atoms with van der Waals surface area (Å²) in [5.41, 5.74) is 0.0591. The number of carboxylic acid groups (broad SMARTS) is 1. The van der Waals surface area contributed by atoms with Crippen molar-refractivity contribution in [3.8, 4) is 0 Å². The maximum absolute atomic E-state index is 13.4. The number of hydrogen-bond acceptors (Lipinski definition) is 3. The number of ketones is 1. The standard InChI is InChI=1S/C13H14FNO3/c14-11-7-15-6-5-10(11)12(16)8-1-3-9(4-2-8)13(17)18/h5-9H,1-4H2,(H,17,18). The largest absolute Gasteiger partial charge is 0.481 e. The molecule has 2 rings (SSSR count). The quantitative estimate of drug-likeness (QED) is 0.837. The summed E-state index contributed by atoms with van der Waals surface area (Å²) in [6, 6.07) is 1.38. The molecule has 1 aromatic heterocycles. The van der Waals surface area contributed by atoms with Crippen molar-refractivity contribution in [3.63, 3.8) is 0 Å². The number of carbonyl (C=O) groups is 2. The summed E-state index contributed by atoms with van der Waals surface area (Å²) in [4.78, 5) is 26.5. The van der Waals surface area contributed by atoms with Gasteiger partial charge in [0.05, 0.1) is 17.7 Å². The molecule has 18 heavy (non-hydrogen) atoms. The predicted molar refractivity (Wildman–Crippen MR) is 61.6 cm³/mol. The van der Waals surface area contributed by atoms with Crippen molar-refractivity contribution < 1.29 is 19.1 Å². The fraction of sp³-hybridized carbons (Fsp3) is 0.462. The summed E-state index contributed by atoms with van der Waals surface area (Å²) >= 11 is 0. The number of aromatic nitrogens is 1. The lowest BCUT2D eigenvalue weighted by Crippen LogP contribution is -2.26. The molecule has 0 aliphatic heterocycles. The molecule has 0 unspecified atom stereocenters. The van der Waals surface area contributed by atoms with E-state index in [4.69, 9.17) is 5.11 Å². The number of halogens is 1. The van der Waals surface area contributed by atoms with Crippen LogP contribution in [0.25, 0.3) is 0 Å². The Kier molecular flexibility index (Phi) is 3.69. The average Bonchev–Trinajstić information content (AvgIpc) is 2.38. The molecule has 0 bridgehead atoms. The van der Waals surface area contributed by atoms with Crippen molar-refractivity contribution in [1.82, 2.24) is 4.98 Å². The minimum absolute atomic E-state index is 0.0591. The molecule has 5 heteroatoms. The number of pyridine rings is 1. The zero-order valence-corrected chi connectivity index (χ0v) is 9.80. The third kappa shape index (κ3) is 2.55. The van der Waals surface area contributed by atoms with Crippen LogP contribution >= 0.6 is 0 Å². The third-order valence-corrected chi connectivity index (χ3v) is 3.49. The highest BCUT2D eigenvalue weighted by Crippen LogP contribution is 2.31. The average molecular weight is 251 g/mol. The van der Waals surface area contributed by atoms with E-state index in [0.717, 1.165) is 6.20 Å². The van der Waals surface area contributed by atoms with Gasteiger partial charge in [-0.1, -0.05) is 0 Å². The van der Waals surface area contributed by atoms with Crippen LogP contribution in [0.15, 0.2) is 18.5 Å². The monoisotopic (exact) mass is 251 g/mol. The number of nitrogens with zero attached hydrogens (tertiary/aromatic N) is 1. The van der Waals surface area contributed by atoms with Gasteiger partial charge in [-0.05, 0) is 31.7 Å². The number of rotatable bonds is 3. The van der Waals surface area contributed by atoms with Gasteiger partial charge in [-0.3, -0.25) is 14.6 Å². The van der Waals surface area contributed by atoms with Gasteiger partial charge < -0.3 is 5.11 Å². The summed E-state index contributed by atoms with van der Waals surface area (Å²) in [6.45, 7) is 0. The Hall–Kier alpha value is -1.78. The lowest BCUT2D eigenvalue weighted by Gasteiger charge is -2.25. The highest BCUT2D eigenvalue weighted by Gasteiger charge is 2.31. The van der Waals surface area contributed by atoms with Gasteiger partial charge >= 0.3 is 5.97 Å². The van der Waals surface area contributed by atoms with Gasteiger partial charge in [0, 0.05) is 12.1 Å². The van der Waals surface area contributed by atoms with Crippen LogP contribution in [0, 0.1) is 17.7 Å². The Morgan fingerprint density at radius 1 is 1.22 bits per heavy atom. The molecule has 1 N–H and O–H groups in total. The summed E-state index contributed by atoms with van der Waals surface area (Å²) in [6.07, 6.45) is 4.40. The molecular weight excluding hydrogens is 237 g/mol. The molecule has 4 nitrogen and oxygen atoms in total. The van der Waals surface area contributed by atoms with Crippen LogP contribution in [-0.4, -0.2) is 21.8 Å². The second-order valence-electron chi connectivity index (χ2n) is 4.61. The van der Waals surface area contributed by atoms with E-state index in [2.05, 4.69) is 4.98 Å². The molecular formula is C13H14FNO3. The van der Waals surface area contributed by atoms with Crippen LogP contribution in [0.2, 0.25) is 0 Å². The first-order valence-electron chi connectivity index (χ1n) is 5.96. The molecule has 1 aromatic rings. The molecule has 1 saturated carbocycles. The maximum atomic E-state index is 13.4. The van der Waals surface area contributed by atoms with E-state index in [0.29, 0.717) is 25.7 Å². The van der Waals surface area contributed by atoms with Crippen LogP contribution in [0.5, 0.6) is 0 Å². The minimum Gasteiger partial charge on any atom is -0.481 e. The predicted octanol–water partition coefficient (Wildman–Crippen LogP) is 2.29. The van der Waals surface area contributed by atoms with Crippen molar-refractivity contribution in [2.45, 2.75) is 25.7 Å². The molecule has 0 saturated heterocycles. The number of hydrogen-bond donors (Lipinski definition) is 1. The fourth-order valence-corrected chi connectivity index (χ4v) is 2.40.